The smallest absolute Gasteiger partial charge is 0.336 e. The summed E-state index contributed by atoms with van der Waals surface area (Å²) in [5.74, 6) is -0.632. The zero-order valence-corrected chi connectivity index (χ0v) is 28.1. The second kappa shape index (κ2) is 18.3. The van der Waals surface area contributed by atoms with E-state index < -0.39 is 22.8 Å². The van der Waals surface area contributed by atoms with Crippen molar-refractivity contribution in [3.8, 4) is 11.5 Å². The fourth-order valence-corrected chi connectivity index (χ4v) is 5.59. The monoisotopic (exact) mass is 680 g/mol. The Morgan fingerprint density at radius 2 is 1.48 bits per heavy atom. The van der Waals surface area contributed by atoms with Crippen LogP contribution in [0.15, 0.2) is 71.1 Å². The summed E-state index contributed by atoms with van der Waals surface area (Å²) in [6.07, 6.45) is 0.641. The van der Waals surface area contributed by atoms with Gasteiger partial charge in [0.2, 0.25) is 0 Å². The van der Waals surface area contributed by atoms with E-state index in [1.165, 1.54) is 25.3 Å². The number of nitro benzene ring substituents is 1. The summed E-state index contributed by atoms with van der Waals surface area (Å²) in [7, 11) is 2.89. The zero-order chi connectivity index (χ0) is 31.6. The van der Waals surface area contributed by atoms with Crippen LogP contribution in [0.5, 0.6) is 11.5 Å². The molecule has 1 N–H and O–H groups in total. The number of carbonyl (C=O) groups excluding carboxylic acids is 2. The molecular formula is C32H42Cl2N4O8. The van der Waals surface area contributed by atoms with E-state index in [0.29, 0.717) is 30.0 Å². The van der Waals surface area contributed by atoms with Crippen LogP contribution in [0, 0.1) is 10.1 Å². The number of dihydropyridines is 1. The third kappa shape index (κ3) is 9.58. The molecule has 2 aromatic carbocycles. The Morgan fingerprint density at radius 3 is 2.09 bits per heavy atom. The maximum absolute atomic E-state index is 13.4. The number of nitro groups is 1. The molecule has 1 saturated heterocycles. The third-order valence-electron chi connectivity index (χ3n) is 7.85. The van der Waals surface area contributed by atoms with Crippen LogP contribution in [-0.2, 0) is 19.1 Å². The minimum Gasteiger partial charge on any atom is -0.493 e. The molecule has 1 fully saturated rings. The highest BCUT2D eigenvalue weighted by atomic mass is 35.5. The average Bonchev–Trinajstić information content (AvgIpc) is 3.03. The number of rotatable bonds is 13. The lowest BCUT2D eigenvalue weighted by Gasteiger charge is -2.34. The van der Waals surface area contributed by atoms with Crippen LogP contribution in [0.3, 0.4) is 0 Å². The normalized spacial score (nSPS) is 16.8. The minimum absolute atomic E-state index is 0. The van der Waals surface area contributed by atoms with Gasteiger partial charge in [0.25, 0.3) is 5.69 Å². The number of esters is 2. The van der Waals surface area contributed by atoms with Gasteiger partial charge in [0.15, 0.2) is 11.5 Å². The molecule has 14 heteroatoms. The first kappa shape index (κ1) is 38.3. The van der Waals surface area contributed by atoms with Crippen molar-refractivity contribution in [3.05, 3.63) is 86.7 Å². The summed E-state index contributed by atoms with van der Waals surface area (Å²) in [4.78, 5) is 41.9. The number of methoxy groups -OCH3 is 2. The summed E-state index contributed by atoms with van der Waals surface area (Å²) in [5, 5.41) is 14.5. The zero-order valence-electron chi connectivity index (χ0n) is 26.5. The maximum atomic E-state index is 13.4. The SMILES string of the molecule is COC(=O)C1=C(C)NC(C)=C(C(=O)OCCCN2CCN(CCOc3ccccc3OC)CC2)C1c1cccc([N+](=O)[O-])c1.Cl.Cl. The van der Waals surface area contributed by atoms with Crippen molar-refractivity contribution in [1.29, 1.82) is 0 Å². The molecular weight excluding hydrogens is 639 g/mol. The molecule has 12 nitrogen and oxygen atoms in total. The highest BCUT2D eigenvalue weighted by Gasteiger charge is 2.38. The molecule has 0 aliphatic carbocycles. The predicted octanol–water partition coefficient (Wildman–Crippen LogP) is 4.48. The van der Waals surface area contributed by atoms with E-state index in [0.717, 1.165) is 50.8 Å². The van der Waals surface area contributed by atoms with Crippen molar-refractivity contribution < 1.29 is 33.5 Å². The van der Waals surface area contributed by atoms with Crippen LogP contribution in [0.25, 0.3) is 0 Å². The van der Waals surface area contributed by atoms with Crippen molar-refractivity contribution in [1.82, 2.24) is 15.1 Å². The summed E-state index contributed by atoms with van der Waals surface area (Å²) < 4.78 is 22.0. The van der Waals surface area contributed by atoms with Gasteiger partial charge in [-0.2, -0.15) is 0 Å². The summed E-state index contributed by atoms with van der Waals surface area (Å²) in [6, 6.07) is 13.5. The molecule has 0 radical (unpaired) electrons. The van der Waals surface area contributed by atoms with Crippen molar-refractivity contribution in [2.45, 2.75) is 26.2 Å². The molecule has 0 bridgehead atoms. The van der Waals surface area contributed by atoms with E-state index in [-0.39, 0.29) is 48.3 Å². The Morgan fingerprint density at radius 1 is 0.870 bits per heavy atom. The lowest BCUT2D eigenvalue weighted by atomic mass is 9.80. The van der Waals surface area contributed by atoms with E-state index in [4.69, 9.17) is 18.9 Å². The van der Waals surface area contributed by atoms with Gasteiger partial charge in [-0.3, -0.25) is 15.0 Å². The van der Waals surface area contributed by atoms with Crippen molar-refractivity contribution >= 4 is 42.4 Å². The summed E-state index contributed by atoms with van der Waals surface area (Å²) in [6.45, 7) is 9.42. The van der Waals surface area contributed by atoms with Gasteiger partial charge in [0, 0.05) is 62.8 Å². The summed E-state index contributed by atoms with van der Waals surface area (Å²) >= 11 is 0. The molecule has 0 amide bonds. The van der Waals surface area contributed by atoms with Crippen LogP contribution in [0.1, 0.15) is 31.7 Å². The molecule has 0 saturated carbocycles. The number of para-hydroxylation sites is 2. The molecule has 252 valence electrons. The standard InChI is InChI=1S/C32H40N4O8.2ClH/c1-22-28(31(37)42-4)30(24-9-7-10-25(21-24)36(39)40)29(23(2)33-22)32(38)44-19-8-13-34-14-16-35(17-15-34)18-20-43-27-12-6-5-11-26(27)41-3;;/h5-7,9-12,21,30,33H,8,13-20H2,1-4H3;2*1H. The van der Waals surface area contributed by atoms with E-state index in [1.54, 1.807) is 27.0 Å². The van der Waals surface area contributed by atoms with E-state index in [9.17, 15) is 19.7 Å². The van der Waals surface area contributed by atoms with Gasteiger partial charge in [0.05, 0.1) is 42.8 Å². The highest BCUT2D eigenvalue weighted by Crippen LogP contribution is 2.40. The lowest BCUT2D eigenvalue weighted by molar-refractivity contribution is -0.384. The highest BCUT2D eigenvalue weighted by molar-refractivity contribution is 5.99. The van der Waals surface area contributed by atoms with E-state index >= 15 is 0 Å². The number of allylic oxidation sites excluding steroid dienone is 2. The van der Waals surface area contributed by atoms with E-state index in [1.807, 2.05) is 24.3 Å². The number of nitrogens with zero attached hydrogens (tertiary/aromatic N) is 3. The van der Waals surface area contributed by atoms with Gasteiger partial charge in [-0.25, -0.2) is 9.59 Å². The lowest BCUT2D eigenvalue weighted by Crippen LogP contribution is -2.47. The number of ether oxygens (including phenoxy) is 4. The summed E-state index contributed by atoms with van der Waals surface area (Å²) in [5.41, 5.74) is 1.74. The fourth-order valence-electron chi connectivity index (χ4n) is 5.59. The third-order valence-corrected chi connectivity index (χ3v) is 7.85. The Balaban J connectivity index is 0.00000368. The van der Waals surface area contributed by atoms with E-state index in [2.05, 4.69) is 15.1 Å². The number of benzene rings is 2. The predicted molar refractivity (Wildman–Crippen MR) is 178 cm³/mol. The second-order valence-electron chi connectivity index (χ2n) is 10.7. The first-order chi connectivity index (χ1) is 21.2. The molecule has 2 aromatic rings. The first-order valence-electron chi connectivity index (χ1n) is 14.6. The Bertz CT molecular complexity index is 1430. The van der Waals surface area contributed by atoms with Crippen LogP contribution < -0.4 is 14.8 Å². The molecule has 46 heavy (non-hydrogen) atoms. The van der Waals surface area contributed by atoms with Crippen molar-refractivity contribution in [2.75, 3.05) is 66.7 Å². The van der Waals surface area contributed by atoms with Crippen LogP contribution >= 0.6 is 24.8 Å². The Labute approximate surface area is 281 Å². The average molecular weight is 682 g/mol. The second-order valence-corrected chi connectivity index (χ2v) is 10.7. The Kier molecular flexibility index (Phi) is 15.3. The largest absolute Gasteiger partial charge is 0.493 e. The number of hydrogen-bond donors (Lipinski definition) is 1. The molecule has 2 aliphatic rings. The topological polar surface area (TPSA) is 133 Å². The van der Waals surface area contributed by atoms with Crippen LogP contribution in [-0.4, -0.2) is 93.4 Å². The van der Waals surface area contributed by atoms with Crippen LogP contribution in [0.4, 0.5) is 5.69 Å². The van der Waals surface area contributed by atoms with Gasteiger partial charge in [-0.05, 0) is 38.0 Å². The number of piperazine rings is 1. The number of non-ortho nitro benzene ring substituents is 1. The minimum atomic E-state index is -0.879. The molecule has 2 aliphatic heterocycles. The number of hydrogen-bond acceptors (Lipinski definition) is 11. The molecule has 2 heterocycles. The van der Waals surface area contributed by atoms with Crippen LogP contribution in [0.2, 0.25) is 0 Å². The first-order valence-corrected chi connectivity index (χ1v) is 14.6. The van der Waals surface area contributed by atoms with Crippen molar-refractivity contribution in [3.63, 3.8) is 0 Å². The molecule has 0 aromatic heterocycles. The fraction of sp³-hybridized carbons (Fsp3) is 0.438. The molecule has 4 rings (SSSR count). The molecule has 1 unspecified atom stereocenters. The molecule has 1 atom stereocenters. The number of halogens is 2. The maximum Gasteiger partial charge on any atom is 0.336 e. The number of nitrogens with one attached hydrogen (secondary N) is 1. The molecule has 0 spiro atoms. The van der Waals surface area contributed by atoms with Gasteiger partial charge in [-0.1, -0.05) is 24.3 Å². The Hall–Kier alpha value is -3.84. The quantitative estimate of drug-likeness (QED) is 0.139. The number of carbonyl (C=O) groups is 2. The van der Waals surface area contributed by atoms with Gasteiger partial charge >= 0.3 is 11.9 Å². The van der Waals surface area contributed by atoms with Gasteiger partial charge in [0.1, 0.15) is 6.61 Å². The van der Waals surface area contributed by atoms with Crippen molar-refractivity contribution in [2.24, 2.45) is 0 Å². The van der Waals surface area contributed by atoms with Gasteiger partial charge in [-0.15, -0.1) is 24.8 Å². The van der Waals surface area contributed by atoms with Gasteiger partial charge < -0.3 is 29.2 Å².